The van der Waals surface area contributed by atoms with E-state index in [1.807, 2.05) is 0 Å². The van der Waals surface area contributed by atoms with Gasteiger partial charge in [0.2, 0.25) is 17.7 Å². The Morgan fingerprint density at radius 2 is 2.00 bits per heavy atom. The molecule has 2 fully saturated rings. The number of amides is 2. The van der Waals surface area contributed by atoms with E-state index in [4.69, 9.17) is 10.5 Å². The van der Waals surface area contributed by atoms with Crippen molar-refractivity contribution in [2.75, 3.05) is 30.3 Å². The highest BCUT2D eigenvalue weighted by molar-refractivity contribution is 6.02. The van der Waals surface area contributed by atoms with Crippen molar-refractivity contribution in [2.45, 2.75) is 12.8 Å². The van der Waals surface area contributed by atoms with Crippen LogP contribution in [0.2, 0.25) is 0 Å². The van der Waals surface area contributed by atoms with Gasteiger partial charge in [-0.2, -0.15) is 4.98 Å². The fraction of sp³-hybridized carbons (Fsp3) is 0.462. The molecule has 2 amide bonds. The molecule has 0 spiro atoms. The summed E-state index contributed by atoms with van der Waals surface area (Å²) in [6, 6.07) is 3.37. The number of anilines is 2. The van der Waals surface area contributed by atoms with Crippen molar-refractivity contribution in [3.8, 4) is 5.88 Å². The molecule has 7 nitrogen and oxygen atoms in total. The summed E-state index contributed by atoms with van der Waals surface area (Å²) in [5, 5.41) is 2.25. The Balaban J connectivity index is 1.76. The molecule has 20 heavy (non-hydrogen) atoms. The SMILES string of the molecule is Nc1ccc(N2CC(=O)NC(=O)C2)nc1OCC1CC1. The quantitative estimate of drug-likeness (QED) is 0.746. The molecular weight excluding hydrogens is 260 g/mol. The number of aromatic nitrogens is 1. The average Bonchev–Trinajstić information content (AvgIpc) is 3.20. The highest BCUT2D eigenvalue weighted by atomic mass is 16.5. The second-order valence-electron chi connectivity index (χ2n) is 5.15. The van der Waals surface area contributed by atoms with E-state index >= 15 is 0 Å². The van der Waals surface area contributed by atoms with Crippen molar-refractivity contribution in [3.05, 3.63) is 12.1 Å². The monoisotopic (exact) mass is 276 g/mol. The zero-order valence-corrected chi connectivity index (χ0v) is 11.0. The van der Waals surface area contributed by atoms with Crippen LogP contribution >= 0.6 is 0 Å². The number of nitrogen functional groups attached to an aromatic ring is 1. The molecule has 0 unspecified atom stereocenters. The van der Waals surface area contributed by atoms with Gasteiger partial charge in [-0.15, -0.1) is 0 Å². The molecule has 0 radical (unpaired) electrons. The Labute approximate surface area is 116 Å². The number of rotatable bonds is 4. The van der Waals surface area contributed by atoms with Crippen molar-refractivity contribution in [1.29, 1.82) is 0 Å². The van der Waals surface area contributed by atoms with Crippen LogP contribution in [0.25, 0.3) is 0 Å². The zero-order valence-electron chi connectivity index (χ0n) is 11.0. The molecule has 1 aromatic heterocycles. The molecule has 3 rings (SSSR count). The third kappa shape index (κ3) is 2.81. The van der Waals surface area contributed by atoms with Gasteiger partial charge >= 0.3 is 0 Å². The first-order chi connectivity index (χ1) is 9.61. The predicted molar refractivity (Wildman–Crippen MR) is 72.2 cm³/mol. The molecule has 1 saturated carbocycles. The third-order valence-electron chi connectivity index (χ3n) is 3.30. The summed E-state index contributed by atoms with van der Waals surface area (Å²) >= 11 is 0. The molecular formula is C13H16N4O3. The van der Waals surface area contributed by atoms with E-state index in [0.717, 1.165) is 0 Å². The average molecular weight is 276 g/mol. The number of ether oxygens (including phenoxy) is 1. The Hall–Kier alpha value is -2.31. The van der Waals surface area contributed by atoms with E-state index < -0.39 is 0 Å². The van der Waals surface area contributed by atoms with Crippen LogP contribution in [0.1, 0.15) is 12.8 Å². The van der Waals surface area contributed by atoms with Gasteiger partial charge in [-0.25, -0.2) is 0 Å². The maximum atomic E-state index is 11.4. The smallest absolute Gasteiger partial charge is 0.246 e. The Morgan fingerprint density at radius 3 is 2.65 bits per heavy atom. The van der Waals surface area contributed by atoms with Crippen LogP contribution in [0.4, 0.5) is 11.5 Å². The van der Waals surface area contributed by atoms with Crippen LogP contribution in [0, 0.1) is 5.92 Å². The number of hydrogen-bond acceptors (Lipinski definition) is 6. The summed E-state index contributed by atoms with van der Waals surface area (Å²) in [7, 11) is 0. The molecule has 0 aromatic carbocycles. The Kier molecular flexibility index (Phi) is 3.17. The molecule has 1 aromatic rings. The van der Waals surface area contributed by atoms with Gasteiger partial charge in [-0.1, -0.05) is 0 Å². The summed E-state index contributed by atoms with van der Waals surface area (Å²) in [5.41, 5.74) is 6.29. The topological polar surface area (TPSA) is 97.6 Å². The van der Waals surface area contributed by atoms with Gasteiger partial charge in [-0.05, 0) is 30.9 Å². The summed E-state index contributed by atoms with van der Waals surface area (Å²) in [6.07, 6.45) is 2.36. The summed E-state index contributed by atoms with van der Waals surface area (Å²) in [6.45, 7) is 0.815. The molecule has 0 bridgehead atoms. The van der Waals surface area contributed by atoms with Gasteiger partial charge in [0.25, 0.3) is 0 Å². The van der Waals surface area contributed by atoms with Gasteiger partial charge in [-0.3, -0.25) is 14.9 Å². The van der Waals surface area contributed by atoms with Crippen molar-refractivity contribution in [3.63, 3.8) is 0 Å². The second-order valence-corrected chi connectivity index (χ2v) is 5.15. The van der Waals surface area contributed by atoms with Crippen LogP contribution in [-0.4, -0.2) is 36.5 Å². The lowest BCUT2D eigenvalue weighted by molar-refractivity contribution is -0.130. The largest absolute Gasteiger partial charge is 0.476 e. The number of nitrogens with one attached hydrogen (secondary N) is 1. The van der Waals surface area contributed by atoms with Crippen molar-refractivity contribution >= 4 is 23.3 Å². The summed E-state index contributed by atoms with van der Waals surface area (Å²) < 4.78 is 5.60. The standard InChI is InChI=1S/C13H16N4O3/c14-9-3-4-10(15-13(9)20-7-8-1-2-8)17-5-11(18)16-12(19)6-17/h3-4,8H,1-2,5-7,14H2,(H,16,18,19). The molecule has 2 heterocycles. The highest BCUT2D eigenvalue weighted by Gasteiger charge is 2.25. The number of carbonyl (C=O) groups is 2. The number of nitrogens with two attached hydrogens (primary N) is 1. The predicted octanol–water partition coefficient (Wildman–Crippen LogP) is -0.0846. The van der Waals surface area contributed by atoms with E-state index in [2.05, 4.69) is 10.3 Å². The molecule has 1 aliphatic heterocycles. The van der Waals surface area contributed by atoms with Gasteiger partial charge in [0.1, 0.15) is 5.82 Å². The first-order valence-electron chi connectivity index (χ1n) is 6.59. The molecule has 0 atom stereocenters. The fourth-order valence-corrected chi connectivity index (χ4v) is 2.01. The van der Waals surface area contributed by atoms with E-state index in [9.17, 15) is 9.59 Å². The van der Waals surface area contributed by atoms with Crippen LogP contribution in [-0.2, 0) is 9.59 Å². The van der Waals surface area contributed by atoms with Crippen LogP contribution in [0.5, 0.6) is 5.88 Å². The van der Waals surface area contributed by atoms with Crippen LogP contribution in [0.3, 0.4) is 0 Å². The minimum Gasteiger partial charge on any atom is -0.476 e. The molecule has 3 N–H and O–H groups in total. The zero-order chi connectivity index (χ0) is 14.1. The van der Waals surface area contributed by atoms with E-state index in [0.29, 0.717) is 29.9 Å². The van der Waals surface area contributed by atoms with Crippen molar-refractivity contribution < 1.29 is 14.3 Å². The van der Waals surface area contributed by atoms with Crippen molar-refractivity contribution in [2.24, 2.45) is 5.92 Å². The minimum atomic E-state index is -0.333. The number of pyridine rings is 1. The number of nitrogens with zero attached hydrogens (tertiary/aromatic N) is 2. The molecule has 7 heteroatoms. The number of imide groups is 1. The second kappa shape index (κ2) is 4.99. The number of hydrogen-bond donors (Lipinski definition) is 2. The Bertz CT molecular complexity index is 541. The minimum absolute atomic E-state index is 0.102. The third-order valence-corrected chi connectivity index (χ3v) is 3.30. The van der Waals surface area contributed by atoms with Crippen molar-refractivity contribution in [1.82, 2.24) is 10.3 Å². The lowest BCUT2D eigenvalue weighted by atomic mass is 10.3. The van der Waals surface area contributed by atoms with Crippen LogP contribution in [0.15, 0.2) is 12.1 Å². The fourth-order valence-electron chi connectivity index (χ4n) is 2.01. The van der Waals surface area contributed by atoms with Gasteiger partial charge in [0.15, 0.2) is 0 Å². The van der Waals surface area contributed by atoms with Gasteiger partial charge < -0.3 is 15.4 Å². The first-order valence-corrected chi connectivity index (χ1v) is 6.59. The highest BCUT2D eigenvalue weighted by Crippen LogP contribution is 2.31. The van der Waals surface area contributed by atoms with Gasteiger partial charge in [0.05, 0.1) is 25.4 Å². The lowest BCUT2D eigenvalue weighted by Crippen LogP contribution is -2.51. The maximum absolute atomic E-state index is 11.4. The summed E-state index contributed by atoms with van der Waals surface area (Å²) in [5.74, 6) is 0.823. The maximum Gasteiger partial charge on any atom is 0.246 e. The number of piperazine rings is 1. The Morgan fingerprint density at radius 1 is 1.30 bits per heavy atom. The molecule has 1 saturated heterocycles. The molecule has 106 valence electrons. The van der Waals surface area contributed by atoms with Crippen LogP contribution < -0.4 is 20.7 Å². The van der Waals surface area contributed by atoms with E-state index in [1.165, 1.54) is 12.8 Å². The normalized spacial score (nSPS) is 18.9. The molecule has 2 aliphatic rings. The first kappa shape index (κ1) is 12.7. The number of carbonyl (C=O) groups excluding carboxylic acids is 2. The van der Waals surface area contributed by atoms with Gasteiger partial charge in [0, 0.05) is 0 Å². The van der Waals surface area contributed by atoms with E-state index in [-0.39, 0.29) is 24.9 Å². The summed E-state index contributed by atoms with van der Waals surface area (Å²) in [4.78, 5) is 28.7. The van der Waals surface area contributed by atoms with E-state index in [1.54, 1.807) is 17.0 Å². The lowest BCUT2D eigenvalue weighted by Gasteiger charge is -2.26. The molecule has 1 aliphatic carbocycles.